The fraction of sp³-hybridized carbons (Fsp3) is 0.406. The van der Waals surface area contributed by atoms with E-state index >= 15 is 0 Å². The Bertz CT molecular complexity index is 1540. The minimum absolute atomic E-state index is 0.106. The van der Waals surface area contributed by atoms with Gasteiger partial charge >= 0.3 is 12.2 Å². The molecule has 0 radical (unpaired) electrons. The van der Waals surface area contributed by atoms with Crippen molar-refractivity contribution < 1.29 is 22.7 Å². The van der Waals surface area contributed by atoms with Gasteiger partial charge in [-0.1, -0.05) is 24.3 Å². The number of amides is 1. The Hall–Kier alpha value is -3.96. The molecule has 0 atom stereocenters. The topological polar surface area (TPSA) is 66.7 Å². The van der Waals surface area contributed by atoms with Crippen LogP contribution in [0.25, 0.3) is 11.0 Å². The molecule has 2 aromatic carbocycles. The highest BCUT2D eigenvalue weighted by atomic mass is 19.4. The summed E-state index contributed by atoms with van der Waals surface area (Å²) in [4.78, 5) is 28.7. The molecule has 4 aromatic rings. The number of aromatic nitrogens is 3. The van der Waals surface area contributed by atoms with Gasteiger partial charge in [-0.25, -0.2) is 14.8 Å². The molecule has 4 heterocycles. The maximum Gasteiger partial charge on any atom is 0.416 e. The summed E-state index contributed by atoms with van der Waals surface area (Å²) in [5.41, 5.74) is 4.23. The van der Waals surface area contributed by atoms with Gasteiger partial charge in [0.1, 0.15) is 6.33 Å². The molecule has 1 amide bonds. The number of benzene rings is 2. The lowest BCUT2D eigenvalue weighted by Crippen LogP contribution is -2.49. The van der Waals surface area contributed by atoms with Crippen LogP contribution >= 0.6 is 0 Å². The molecule has 2 fully saturated rings. The minimum Gasteiger partial charge on any atom is -0.481 e. The Labute approximate surface area is 248 Å². The molecule has 0 spiro atoms. The van der Waals surface area contributed by atoms with E-state index < -0.39 is 11.7 Å². The number of likely N-dealkylation sites (tertiary alicyclic amines) is 1. The van der Waals surface area contributed by atoms with Gasteiger partial charge < -0.3 is 9.64 Å². The van der Waals surface area contributed by atoms with Gasteiger partial charge in [0.05, 0.1) is 23.7 Å². The molecule has 0 unspecified atom stereocenters. The van der Waals surface area contributed by atoms with Gasteiger partial charge in [0, 0.05) is 51.5 Å². The zero-order chi connectivity index (χ0) is 30.0. The van der Waals surface area contributed by atoms with Crippen LogP contribution in [0.4, 0.5) is 18.0 Å². The standard InChI is InChI=1S/C32H35F3N6O2/c1-43-30-9-4-24(19-36-30)21-38-12-10-25(11-13-38)26-5-8-29-28(18-26)37-22-41(29)31(42)40-16-14-39(15-17-40)20-23-2-6-27(7-3-23)32(33,34)35/h2-9,18-19,22,25H,10-17,20-21H2,1H3. The summed E-state index contributed by atoms with van der Waals surface area (Å²) >= 11 is 0. The van der Waals surface area contributed by atoms with Crippen LogP contribution < -0.4 is 4.74 Å². The third-order valence-corrected chi connectivity index (χ3v) is 8.58. The van der Waals surface area contributed by atoms with Gasteiger partial charge in [-0.15, -0.1) is 0 Å². The van der Waals surface area contributed by atoms with E-state index in [2.05, 4.69) is 38.0 Å². The lowest BCUT2D eigenvalue weighted by atomic mass is 9.89. The normalized spacial score (nSPS) is 17.4. The first kappa shape index (κ1) is 29.1. The molecule has 2 aliphatic rings. The van der Waals surface area contributed by atoms with Crippen molar-refractivity contribution in [1.29, 1.82) is 0 Å². The third kappa shape index (κ3) is 6.67. The molecule has 2 saturated heterocycles. The quantitative estimate of drug-likeness (QED) is 0.290. The number of ether oxygens (including phenoxy) is 1. The van der Waals surface area contributed by atoms with Gasteiger partial charge in [0.2, 0.25) is 5.88 Å². The average Bonchev–Trinajstić information content (AvgIpc) is 3.45. The smallest absolute Gasteiger partial charge is 0.416 e. The van der Waals surface area contributed by atoms with Crippen molar-refractivity contribution in [1.82, 2.24) is 29.2 Å². The number of halogens is 3. The summed E-state index contributed by atoms with van der Waals surface area (Å²) < 4.78 is 45.3. The molecule has 6 rings (SSSR count). The molecule has 2 aliphatic heterocycles. The van der Waals surface area contributed by atoms with Crippen molar-refractivity contribution >= 4 is 17.1 Å². The number of hydrogen-bond acceptors (Lipinski definition) is 6. The molecule has 0 aliphatic carbocycles. The maximum absolute atomic E-state index is 13.4. The minimum atomic E-state index is -4.33. The lowest BCUT2D eigenvalue weighted by Gasteiger charge is -2.34. The molecule has 8 nitrogen and oxygen atoms in total. The molecule has 43 heavy (non-hydrogen) atoms. The first-order valence-corrected chi connectivity index (χ1v) is 14.6. The number of carbonyl (C=O) groups excluding carboxylic acids is 1. The van der Waals surface area contributed by atoms with Crippen LogP contribution in [0.15, 0.2) is 67.1 Å². The largest absolute Gasteiger partial charge is 0.481 e. The van der Waals surface area contributed by atoms with E-state index in [1.54, 1.807) is 18.0 Å². The van der Waals surface area contributed by atoms with Crippen LogP contribution in [0.5, 0.6) is 5.88 Å². The zero-order valence-electron chi connectivity index (χ0n) is 24.1. The van der Waals surface area contributed by atoms with Crippen molar-refractivity contribution in [2.24, 2.45) is 0 Å². The summed E-state index contributed by atoms with van der Waals surface area (Å²) in [6, 6.07) is 15.4. The first-order valence-electron chi connectivity index (χ1n) is 14.6. The highest BCUT2D eigenvalue weighted by Crippen LogP contribution is 2.31. The van der Waals surface area contributed by atoms with Crippen molar-refractivity contribution in [2.75, 3.05) is 46.4 Å². The fourth-order valence-electron chi connectivity index (χ4n) is 6.05. The number of imidazole rings is 1. The van der Waals surface area contributed by atoms with Crippen LogP contribution in [0.3, 0.4) is 0 Å². The van der Waals surface area contributed by atoms with Crippen molar-refractivity contribution in [3.63, 3.8) is 0 Å². The monoisotopic (exact) mass is 592 g/mol. The van der Waals surface area contributed by atoms with Gasteiger partial charge in [-0.3, -0.25) is 14.4 Å². The Morgan fingerprint density at radius 1 is 0.860 bits per heavy atom. The SMILES string of the molecule is COc1ccc(CN2CCC(c3ccc4c(c3)ncn4C(=O)N3CCN(Cc4ccc(C(F)(F)F)cc4)CC3)CC2)cn1. The van der Waals surface area contributed by atoms with Crippen LogP contribution in [0, 0.1) is 0 Å². The summed E-state index contributed by atoms with van der Waals surface area (Å²) in [5, 5.41) is 0. The van der Waals surface area contributed by atoms with Gasteiger partial charge in [0.15, 0.2) is 0 Å². The summed E-state index contributed by atoms with van der Waals surface area (Å²) in [6.07, 6.45) is 1.27. The van der Waals surface area contributed by atoms with Gasteiger partial charge in [0.25, 0.3) is 0 Å². The lowest BCUT2D eigenvalue weighted by molar-refractivity contribution is -0.137. The fourth-order valence-corrected chi connectivity index (χ4v) is 6.05. The molecule has 11 heteroatoms. The Morgan fingerprint density at radius 3 is 2.19 bits per heavy atom. The Morgan fingerprint density at radius 2 is 1.53 bits per heavy atom. The predicted octanol–water partition coefficient (Wildman–Crippen LogP) is 5.62. The molecule has 2 aromatic heterocycles. The van der Waals surface area contributed by atoms with Gasteiger partial charge in [-0.05, 0) is 72.8 Å². The highest BCUT2D eigenvalue weighted by Gasteiger charge is 2.30. The second kappa shape index (κ2) is 12.3. The van der Waals surface area contributed by atoms with E-state index in [9.17, 15) is 18.0 Å². The van der Waals surface area contributed by atoms with E-state index in [-0.39, 0.29) is 6.03 Å². The number of rotatable bonds is 6. The van der Waals surface area contributed by atoms with Crippen molar-refractivity contribution in [3.8, 4) is 5.88 Å². The average molecular weight is 593 g/mol. The predicted molar refractivity (Wildman–Crippen MR) is 157 cm³/mol. The number of piperazine rings is 1. The second-order valence-corrected chi connectivity index (χ2v) is 11.4. The molecular weight excluding hydrogens is 557 g/mol. The van der Waals surface area contributed by atoms with Gasteiger partial charge in [-0.2, -0.15) is 13.2 Å². The number of alkyl halides is 3. The number of nitrogens with zero attached hydrogens (tertiary/aromatic N) is 6. The number of hydrogen-bond donors (Lipinski definition) is 0. The highest BCUT2D eigenvalue weighted by molar-refractivity contribution is 5.89. The van der Waals surface area contributed by atoms with E-state index in [4.69, 9.17) is 4.74 Å². The van der Waals surface area contributed by atoms with Crippen molar-refractivity contribution in [2.45, 2.75) is 38.0 Å². The molecule has 226 valence electrons. The van der Waals surface area contributed by atoms with E-state index in [1.807, 2.05) is 23.2 Å². The van der Waals surface area contributed by atoms with E-state index in [0.29, 0.717) is 44.5 Å². The number of piperidine rings is 1. The van der Waals surface area contributed by atoms with E-state index in [1.165, 1.54) is 23.3 Å². The first-order chi connectivity index (χ1) is 20.8. The van der Waals surface area contributed by atoms with Crippen LogP contribution in [0.2, 0.25) is 0 Å². The Kier molecular flexibility index (Phi) is 8.36. The summed E-state index contributed by atoms with van der Waals surface area (Å²) in [5.74, 6) is 1.08. The van der Waals surface area contributed by atoms with Crippen LogP contribution in [-0.2, 0) is 19.3 Å². The molecular formula is C32H35F3N6O2. The summed E-state index contributed by atoms with van der Waals surface area (Å²) in [6.45, 7) is 5.82. The number of pyridine rings is 1. The van der Waals surface area contributed by atoms with Crippen LogP contribution in [-0.4, -0.2) is 81.6 Å². The van der Waals surface area contributed by atoms with Crippen LogP contribution in [0.1, 0.15) is 41.0 Å². The second-order valence-electron chi connectivity index (χ2n) is 11.4. The number of fused-ring (bicyclic) bond motifs is 1. The number of carbonyl (C=O) groups is 1. The van der Waals surface area contributed by atoms with E-state index in [0.717, 1.165) is 61.2 Å². The third-order valence-electron chi connectivity index (χ3n) is 8.58. The molecule has 0 bridgehead atoms. The maximum atomic E-state index is 13.4. The number of methoxy groups -OCH3 is 1. The molecule has 0 N–H and O–H groups in total. The molecule has 0 saturated carbocycles. The van der Waals surface area contributed by atoms with Crippen molar-refractivity contribution in [3.05, 3.63) is 89.4 Å². The zero-order valence-corrected chi connectivity index (χ0v) is 24.1. The summed E-state index contributed by atoms with van der Waals surface area (Å²) in [7, 11) is 1.62. The Balaban J connectivity index is 1.02.